The molecule has 0 unspecified atom stereocenters. The van der Waals surface area contributed by atoms with E-state index >= 15 is 0 Å². The Morgan fingerprint density at radius 1 is 1.16 bits per heavy atom. The van der Waals surface area contributed by atoms with Gasteiger partial charge in [0.05, 0.1) is 39.3 Å². The first kappa shape index (κ1) is 23.6. The van der Waals surface area contributed by atoms with Crippen LogP contribution in [-0.2, 0) is 24.3 Å². The molecule has 0 aromatic heterocycles. The van der Waals surface area contributed by atoms with Crippen molar-refractivity contribution in [2.45, 2.75) is 4.90 Å². The van der Waals surface area contributed by atoms with Crippen molar-refractivity contribution in [3.05, 3.63) is 63.2 Å². The quantitative estimate of drug-likeness (QED) is 0.358. The van der Waals surface area contributed by atoms with Gasteiger partial charge < -0.3 is 14.8 Å². The number of hydrogen-bond acceptors (Lipinski definition) is 8. The molecule has 32 heavy (non-hydrogen) atoms. The van der Waals surface area contributed by atoms with Gasteiger partial charge in [-0.1, -0.05) is 11.6 Å². The average Bonchev–Trinajstić information content (AvgIpc) is 2.79. The van der Waals surface area contributed by atoms with E-state index < -0.39 is 33.4 Å². The molecule has 0 atom stereocenters. The Morgan fingerprint density at radius 3 is 2.44 bits per heavy atom. The fraction of sp³-hybridized carbons (Fsp3) is 0.263. The molecule has 2 aromatic rings. The highest BCUT2D eigenvalue weighted by Crippen LogP contribution is 2.27. The van der Waals surface area contributed by atoms with Gasteiger partial charge >= 0.3 is 5.97 Å². The van der Waals surface area contributed by atoms with Crippen molar-refractivity contribution >= 4 is 44.9 Å². The van der Waals surface area contributed by atoms with E-state index in [1.54, 1.807) is 0 Å². The molecule has 13 heteroatoms. The van der Waals surface area contributed by atoms with Crippen LogP contribution in [0, 0.1) is 10.1 Å². The van der Waals surface area contributed by atoms with Crippen LogP contribution in [-0.4, -0.2) is 62.4 Å². The molecule has 1 amide bonds. The highest BCUT2D eigenvalue weighted by Gasteiger charge is 2.27. The average molecular weight is 484 g/mol. The number of nitrogens with zero attached hydrogens (tertiary/aromatic N) is 2. The van der Waals surface area contributed by atoms with E-state index in [9.17, 15) is 28.1 Å². The number of nitrogens with one attached hydrogen (secondary N) is 1. The van der Waals surface area contributed by atoms with Gasteiger partial charge in [0.15, 0.2) is 6.61 Å². The van der Waals surface area contributed by atoms with Crippen molar-refractivity contribution in [1.82, 2.24) is 4.31 Å². The number of non-ortho nitro benzene ring substituents is 1. The number of amides is 1. The van der Waals surface area contributed by atoms with E-state index in [-0.39, 0.29) is 53.2 Å². The number of carbonyl (C=O) groups is 2. The number of halogens is 1. The van der Waals surface area contributed by atoms with Crippen molar-refractivity contribution in [2.75, 3.05) is 38.2 Å². The van der Waals surface area contributed by atoms with Gasteiger partial charge in [-0.25, -0.2) is 13.2 Å². The fourth-order valence-electron chi connectivity index (χ4n) is 2.82. The van der Waals surface area contributed by atoms with Crippen LogP contribution < -0.4 is 5.32 Å². The van der Waals surface area contributed by atoms with Crippen LogP contribution in [0.5, 0.6) is 0 Å². The SMILES string of the molecule is O=C(COC(=O)c1ccc([N+](=O)[O-])cc1)Nc1cc(S(=O)(=O)N2CCOCC2)ccc1Cl. The van der Waals surface area contributed by atoms with Crippen LogP contribution in [0.15, 0.2) is 47.4 Å². The third-order valence-electron chi connectivity index (χ3n) is 4.47. The lowest BCUT2D eigenvalue weighted by Crippen LogP contribution is -2.40. The number of anilines is 1. The second-order valence-electron chi connectivity index (χ2n) is 6.59. The summed E-state index contributed by atoms with van der Waals surface area (Å²) in [6, 6.07) is 8.58. The van der Waals surface area contributed by atoms with Gasteiger partial charge in [-0.2, -0.15) is 4.31 Å². The van der Waals surface area contributed by atoms with Gasteiger partial charge in [-0.15, -0.1) is 0 Å². The standard InChI is InChI=1S/C19H18ClN3O8S/c20-16-6-5-15(32(28,29)22-7-9-30-10-8-22)11-17(16)21-18(24)12-31-19(25)13-1-3-14(4-2-13)23(26)27/h1-6,11H,7-10,12H2,(H,21,24). The lowest BCUT2D eigenvalue weighted by molar-refractivity contribution is -0.384. The Balaban J connectivity index is 1.64. The highest BCUT2D eigenvalue weighted by atomic mass is 35.5. The number of hydrogen-bond donors (Lipinski definition) is 1. The van der Waals surface area contributed by atoms with Crippen LogP contribution in [0.2, 0.25) is 5.02 Å². The lowest BCUT2D eigenvalue weighted by atomic mass is 10.2. The Morgan fingerprint density at radius 2 is 1.81 bits per heavy atom. The summed E-state index contributed by atoms with van der Waals surface area (Å²) in [5.74, 6) is -1.60. The maximum atomic E-state index is 12.8. The number of ether oxygens (including phenoxy) is 2. The molecule has 1 saturated heterocycles. The van der Waals surface area contributed by atoms with Gasteiger partial charge in [-0.05, 0) is 30.3 Å². The lowest BCUT2D eigenvalue weighted by Gasteiger charge is -2.26. The number of rotatable bonds is 7. The molecular formula is C19H18ClN3O8S. The number of nitro benzene ring substituents is 1. The molecule has 0 spiro atoms. The van der Waals surface area contributed by atoms with E-state index in [1.807, 2.05) is 0 Å². The van der Waals surface area contributed by atoms with E-state index in [0.29, 0.717) is 0 Å². The Labute approximate surface area is 188 Å². The molecule has 0 bridgehead atoms. The summed E-state index contributed by atoms with van der Waals surface area (Å²) < 4.78 is 36.9. The Hall–Kier alpha value is -3.06. The van der Waals surface area contributed by atoms with Crippen LogP contribution in [0.25, 0.3) is 0 Å². The minimum atomic E-state index is -3.80. The number of sulfonamides is 1. The predicted molar refractivity (Wildman–Crippen MR) is 113 cm³/mol. The van der Waals surface area contributed by atoms with Gasteiger partial charge in [0.2, 0.25) is 10.0 Å². The molecule has 1 heterocycles. The normalized spacial score (nSPS) is 14.5. The molecule has 1 aliphatic heterocycles. The van der Waals surface area contributed by atoms with Crippen LogP contribution >= 0.6 is 11.6 Å². The molecule has 1 aliphatic rings. The molecule has 170 valence electrons. The molecule has 0 aliphatic carbocycles. The van der Waals surface area contributed by atoms with Crippen LogP contribution in [0.3, 0.4) is 0 Å². The van der Waals surface area contributed by atoms with E-state index in [2.05, 4.69) is 5.32 Å². The Kier molecular flexibility index (Phi) is 7.40. The molecule has 0 radical (unpaired) electrons. The molecule has 11 nitrogen and oxygen atoms in total. The molecule has 3 rings (SSSR count). The van der Waals surface area contributed by atoms with E-state index in [0.717, 1.165) is 12.1 Å². The van der Waals surface area contributed by atoms with E-state index in [4.69, 9.17) is 21.1 Å². The maximum absolute atomic E-state index is 12.8. The minimum Gasteiger partial charge on any atom is -0.452 e. The zero-order valence-corrected chi connectivity index (χ0v) is 18.1. The van der Waals surface area contributed by atoms with Gasteiger partial charge in [0, 0.05) is 25.2 Å². The first-order valence-corrected chi connectivity index (χ1v) is 11.1. The number of morpholine rings is 1. The highest BCUT2D eigenvalue weighted by molar-refractivity contribution is 7.89. The molecular weight excluding hydrogens is 466 g/mol. The summed E-state index contributed by atoms with van der Waals surface area (Å²) in [6.45, 7) is 0.330. The van der Waals surface area contributed by atoms with Crippen LogP contribution in [0.4, 0.5) is 11.4 Å². The van der Waals surface area contributed by atoms with Gasteiger partial charge in [-0.3, -0.25) is 14.9 Å². The third kappa shape index (κ3) is 5.59. The number of esters is 1. The zero-order valence-electron chi connectivity index (χ0n) is 16.5. The number of nitro groups is 1. The summed E-state index contributed by atoms with van der Waals surface area (Å²) in [7, 11) is -3.80. The van der Waals surface area contributed by atoms with Crippen molar-refractivity contribution in [2.24, 2.45) is 0 Å². The Bertz CT molecular complexity index is 1130. The third-order valence-corrected chi connectivity index (χ3v) is 6.69. The molecule has 1 fully saturated rings. The second-order valence-corrected chi connectivity index (χ2v) is 8.93. The number of carbonyl (C=O) groups excluding carboxylic acids is 2. The topological polar surface area (TPSA) is 145 Å². The van der Waals surface area contributed by atoms with Crippen molar-refractivity contribution in [1.29, 1.82) is 0 Å². The largest absolute Gasteiger partial charge is 0.452 e. The predicted octanol–water partition coefficient (Wildman–Crippen LogP) is 2.06. The van der Waals surface area contributed by atoms with Gasteiger partial charge in [0.1, 0.15) is 0 Å². The smallest absolute Gasteiger partial charge is 0.338 e. The van der Waals surface area contributed by atoms with Crippen molar-refractivity contribution in [3.8, 4) is 0 Å². The summed E-state index contributed by atoms with van der Waals surface area (Å²) in [4.78, 5) is 34.2. The zero-order chi connectivity index (χ0) is 23.3. The molecule has 2 aromatic carbocycles. The molecule has 0 saturated carbocycles. The van der Waals surface area contributed by atoms with Crippen molar-refractivity contribution < 1.29 is 32.4 Å². The summed E-state index contributed by atoms with van der Waals surface area (Å²) >= 11 is 6.07. The summed E-state index contributed by atoms with van der Waals surface area (Å²) in [5, 5.41) is 13.2. The van der Waals surface area contributed by atoms with E-state index in [1.165, 1.54) is 34.6 Å². The maximum Gasteiger partial charge on any atom is 0.338 e. The second kappa shape index (κ2) is 10.0. The summed E-state index contributed by atoms with van der Waals surface area (Å²) in [6.07, 6.45) is 0. The molecule has 1 N–H and O–H groups in total. The monoisotopic (exact) mass is 483 g/mol. The van der Waals surface area contributed by atoms with Crippen molar-refractivity contribution in [3.63, 3.8) is 0 Å². The first-order chi connectivity index (χ1) is 15.2. The first-order valence-electron chi connectivity index (χ1n) is 9.27. The summed E-state index contributed by atoms with van der Waals surface area (Å²) in [5.41, 5.74) is -0.127. The minimum absolute atomic E-state index is 0.0278. The van der Waals surface area contributed by atoms with Gasteiger partial charge in [0.25, 0.3) is 11.6 Å². The fourth-order valence-corrected chi connectivity index (χ4v) is 4.42. The number of benzene rings is 2. The van der Waals surface area contributed by atoms with Crippen LogP contribution in [0.1, 0.15) is 10.4 Å².